The van der Waals surface area contributed by atoms with Gasteiger partial charge in [-0.1, -0.05) is 23.2 Å². The Bertz CT molecular complexity index is 326. The number of esters is 1. The molecule has 5 heteroatoms. The van der Waals surface area contributed by atoms with Crippen LogP contribution in [0.25, 0.3) is 0 Å². The van der Waals surface area contributed by atoms with Crippen molar-refractivity contribution in [2.24, 2.45) is 0 Å². The lowest BCUT2D eigenvalue weighted by molar-refractivity contribution is 0.0600. The third-order valence-electron chi connectivity index (χ3n) is 1.43. The lowest BCUT2D eigenvalue weighted by Crippen LogP contribution is -2.00. The van der Waals surface area contributed by atoms with Crippen LogP contribution in [-0.4, -0.2) is 18.2 Å². The largest absolute Gasteiger partial charge is 0.506 e. The monoisotopic (exact) mass is 220 g/mol. The number of halogens is 2. The van der Waals surface area contributed by atoms with Crippen LogP contribution in [-0.2, 0) is 4.74 Å². The molecule has 0 spiro atoms. The van der Waals surface area contributed by atoms with E-state index in [0.29, 0.717) is 0 Å². The molecule has 1 rings (SSSR count). The number of aromatic hydroxyl groups is 1. The van der Waals surface area contributed by atoms with Crippen molar-refractivity contribution in [1.82, 2.24) is 0 Å². The first-order valence-electron chi connectivity index (χ1n) is 3.32. The van der Waals surface area contributed by atoms with E-state index in [1.54, 1.807) is 0 Å². The fourth-order valence-electron chi connectivity index (χ4n) is 0.810. The molecule has 0 aliphatic carbocycles. The van der Waals surface area contributed by atoms with Crippen LogP contribution >= 0.6 is 23.2 Å². The van der Waals surface area contributed by atoms with Gasteiger partial charge >= 0.3 is 5.97 Å². The van der Waals surface area contributed by atoms with Crippen LogP contribution in [0.5, 0.6) is 5.75 Å². The first kappa shape index (κ1) is 10.2. The molecule has 0 aliphatic rings. The number of rotatable bonds is 1. The number of ether oxygens (including phenoxy) is 1. The van der Waals surface area contributed by atoms with E-state index >= 15 is 0 Å². The zero-order chi connectivity index (χ0) is 10.0. The molecule has 0 unspecified atom stereocenters. The average molecular weight is 221 g/mol. The van der Waals surface area contributed by atoms with Gasteiger partial charge in [-0.3, -0.25) is 0 Å². The van der Waals surface area contributed by atoms with Crippen LogP contribution in [0.15, 0.2) is 12.1 Å². The van der Waals surface area contributed by atoms with Crippen molar-refractivity contribution in [2.75, 3.05) is 7.11 Å². The molecular weight excluding hydrogens is 215 g/mol. The molecule has 0 saturated heterocycles. The molecule has 0 aliphatic heterocycles. The van der Waals surface area contributed by atoms with Gasteiger partial charge in [-0.2, -0.15) is 0 Å². The zero-order valence-corrected chi connectivity index (χ0v) is 8.19. The van der Waals surface area contributed by atoms with Gasteiger partial charge in [0, 0.05) is 0 Å². The van der Waals surface area contributed by atoms with E-state index in [-0.39, 0.29) is 21.4 Å². The Labute approximate surface area is 84.8 Å². The Morgan fingerprint density at radius 2 is 2.08 bits per heavy atom. The highest BCUT2D eigenvalue weighted by atomic mass is 35.5. The molecule has 0 atom stereocenters. The predicted octanol–water partition coefficient (Wildman–Crippen LogP) is 2.49. The number of hydrogen-bond acceptors (Lipinski definition) is 3. The van der Waals surface area contributed by atoms with Gasteiger partial charge in [-0.05, 0) is 12.1 Å². The van der Waals surface area contributed by atoms with Crippen molar-refractivity contribution in [1.29, 1.82) is 0 Å². The second-order valence-electron chi connectivity index (χ2n) is 2.28. The minimum absolute atomic E-state index is 0.0225. The molecule has 13 heavy (non-hydrogen) atoms. The first-order valence-corrected chi connectivity index (χ1v) is 4.08. The van der Waals surface area contributed by atoms with Crippen molar-refractivity contribution < 1.29 is 14.6 Å². The molecule has 0 saturated carbocycles. The summed E-state index contributed by atoms with van der Waals surface area (Å²) >= 11 is 11.2. The summed E-state index contributed by atoms with van der Waals surface area (Å²) in [7, 11) is 1.24. The molecule has 1 N–H and O–H groups in total. The minimum Gasteiger partial charge on any atom is -0.506 e. The van der Waals surface area contributed by atoms with Gasteiger partial charge in [0.2, 0.25) is 0 Å². The minimum atomic E-state index is -0.575. The van der Waals surface area contributed by atoms with Crippen LogP contribution in [0.2, 0.25) is 10.0 Å². The molecule has 1 aromatic carbocycles. The number of carbonyl (C=O) groups is 1. The van der Waals surface area contributed by atoms with E-state index in [2.05, 4.69) is 4.74 Å². The number of methoxy groups -OCH3 is 1. The van der Waals surface area contributed by atoms with E-state index in [4.69, 9.17) is 23.2 Å². The fraction of sp³-hybridized carbons (Fsp3) is 0.125. The molecule has 3 nitrogen and oxygen atoms in total. The number of phenolic OH excluding ortho intramolecular Hbond substituents is 1. The summed E-state index contributed by atoms with van der Waals surface area (Å²) in [5.74, 6) is -0.816. The highest BCUT2D eigenvalue weighted by Gasteiger charge is 2.11. The molecule has 0 bridgehead atoms. The predicted molar refractivity (Wildman–Crippen MR) is 49.5 cm³/mol. The Morgan fingerprint density at radius 3 is 2.54 bits per heavy atom. The lowest BCUT2D eigenvalue weighted by Gasteiger charge is -2.03. The maximum absolute atomic E-state index is 11.0. The molecule has 1 aromatic rings. The molecule has 0 amide bonds. The molecule has 70 valence electrons. The molecule has 0 fully saturated rings. The quantitative estimate of drug-likeness (QED) is 0.741. The van der Waals surface area contributed by atoms with Crippen LogP contribution in [0.3, 0.4) is 0 Å². The first-order chi connectivity index (χ1) is 6.06. The van der Waals surface area contributed by atoms with Gasteiger partial charge in [0.25, 0.3) is 0 Å². The molecule has 0 heterocycles. The summed E-state index contributed by atoms with van der Waals surface area (Å²) < 4.78 is 4.43. The summed E-state index contributed by atoms with van der Waals surface area (Å²) in [6.45, 7) is 0. The maximum atomic E-state index is 11.0. The third kappa shape index (κ3) is 2.05. The topological polar surface area (TPSA) is 46.5 Å². The second-order valence-corrected chi connectivity index (χ2v) is 3.07. The van der Waals surface area contributed by atoms with Crippen LogP contribution in [0.1, 0.15) is 10.4 Å². The van der Waals surface area contributed by atoms with Gasteiger partial charge in [-0.15, -0.1) is 0 Å². The standard InChI is InChI=1S/C8H6Cl2O3/c1-13-8(12)4-2-5(9)7(10)6(11)3-4/h2-3,11H,1H3. The SMILES string of the molecule is COC(=O)c1cc(O)c(Cl)c(Cl)c1. The normalized spacial score (nSPS) is 9.77. The zero-order valence-electron chi connectivity index (χ0n) is 6.67. The van der Waals surface area contributed by atoms with Gasteiger partial charge in [0.1, 0.15) is 10.8 Å². The van der Waals surface area contributed by atoms with Crippen LogP contribution < -0.4 is 0 Å². The van der Waals surface area contributed by atoms with E-state index in [1.165, 1.54) is 19.2 Å². The third-order valence-corrected chi connectivity index (χ3v) is 2.22. The summed E-state index contributed by atoms with van der Waals surface area (Å²) in [6, 6.07) is 2.52. The summed E-state index contributed by atoms with van der Waals surface area (Å²) in [5, 5.41) is 9.34. The Kier molecular flexibility index (Phi) is 3.01. The van der Waals surface area contributed by atoms with E-state index in [1.807, 2.05) is 0 Å². The van der Waals surface area contributed by atoms with Crippen molar-refractivity contribution in [2.45, 2.75) is 0 Å². The van der Waals surface area contributed by atoms with Gasteiger partial charge in [-0.25, -0.2) is 4.79 Å². The maximum Gasteiger partial charge on any atom is 0.338 e. The van der Waals surface area contributed by atoms with Crippen molar-refractivity contribution >= 4 is 29.2 Å². The second kappa shape index (κ2) is 3.85. The van der Waals surface area contributed by atoms with Gasteiger partial charge < -0.3 is 9.84 Å². The van der Waals surface area contributed by atoms with Crippen molar-refractivity contribution in [3.8, 4) is 5.75 Å². The Morgan fingerprint density at radius 1 is 1.46 bits per heavy atom. The average Bonchev–Trinajstić information content (AvgIpc) is 2.12. The van der Waals surface area contributed by atoms with Gasteiger partial charge in [0.05, 0.1) is 17.7 Å². The molecule has 0 aromatic heterocycles. The van der Waals surface area contributed by atoms with Crippen LogP contribution in [0.4, 0.5) is 0 Å². The molecular formula is C8H6Cl2O3. The van der Waals surface area contributed by atoms with E-state index in [0.717, 1.165) is 0 Å². The number of phenols is 1. The summed E-state index contributed by atoms with van der Waals surface area (Å²) in [6.07, 6.45) is 0. The van der Waals surface area contributed by atoms with E-state index in [9.17, 15) is 9.90 Å². The summed E-state index contributed by atoms with van der Waals surface area (Å²) in [5.41, 5.74) is 0.161. The van der Waals surface area contributed by atoms with E-state index < -0.39 is 5.97 Å². The Balaban J connectivity index is 3.20. The highest BCUT2D eigenvalue weighted by Crippen LogP contribution is 2.32. The fourth-order valence-corrected chi connectivity index (χ4v) is 1.13. The lowest BCUT2D eigenvalue weighted by atomic mass is 10.2. The number of benzene rings is 1. The van der Waals surface area contributed by atoms with Crippen molar-refractivity contribution in [3.05, 3.63) is 27.7 Å². The highest BCUT2D eigenvalue weighted by molar-refractivity contribution is 6.43. The smallest absolute Gasteiger partial charge is 0.338 e. The summed E-state index contributed by atoms with van der Waals surface area (Å²) in [4.78, 5) is 11.0. The van der Waals surface area contributed by atoms with Gasteiger partial charge in [0.15, 0.2) is 0 Å². The molecule has 0 radical (unpaired) electrons. The van der Waals surface area contributed by atoms with Crippen molar-refractivity contribution in [3.63, 3.8) is 0 Å². The van der Waals surface area contributed by atoms with Crippen LogP contribution in [0, 0.1) is 0 Å². The number of carbonyl (C=O) groups excluding carboxylic acids is 1. The number of hydrogen-bond donors (Lipinski definition) is 1. The Hall–Kier alpha value is -0.930.